The van der Waals surface area contributed by atoms with Crippen molar-refractivity contribution in [2.24, 2.45) is 11.3 Å². The van der Waals surface area contributed by atoms with Gasteiger partial charge in [0.05, 0.1) is 12.7 Å². The Bertz CT molecular complexity index is 247. The number of hydrogen-bond donors (Lipinski definition) is 1. The van der Waals surface area contributed by atoms with Crippen LogP contribution in [0.25, 0.3) is 0 Å². The molecule has 2 nitrogen and oxygen atoms in total. The zero-order chi connectivity index (χ0) is 12.9. The van der Waals surface area contributed by atoms with E-state index in [2.05, 4.69) is 39.6 Å². The molecule has 0 aromatic carbocycles. The molecule has 0 radical (unpaired) electrons. The van der Waals surface area contributed by atoms with Crippen molar-refractivity contribution in [3.8, 4) is 0 Å². The van der Waals surface area contributed by atoms with Crippen LogP contribution in [-0.2, 0) is 4.74 Å². The van der Waals surface area contributed by atoms with Gasteiger partial charge in [0.2, 0.25) is 0 Å². The Balaban J connectivity index is 2.29. The molecule has 0 saturated heterocycles. The van der Waals surface area contributed by atoms with Crippen molar-refractivity contribution in [2.45, 2.75) is 53.1 Å². The Morgan fingerprint density at radius 2 is 2.12 bits per heavy atom. The van der Waals surface area contributed by atoms with Gasteiger partial charge in [-0.1, -0.05) is 34.3 Å². The number of nitrogens with one attached hydrogen (secondary N) is 1. The highest BCUT2D eigenvalue weighted by atomic mass is 16.5. The maximum absolute atomic E-state index is 6.01. The van der Waals surface area contributed by atoms with Gasteiger partial charge in [0.15, 0.2) is 0 Å². The van der Waals surface area contributed by atoms with Gasteiger partial charge in [-0.2, -0.15) is 0 Å². The van der Waals surface area contributed by atoms with E-state index in [9.17, 15) is 0 Å². The molecule has 1 rings (SSSR count). The molecule has 2 atom stereocenters. The molecule has 1 aliphatic carbocycles. The van der Waals surface area contributed by atoms with Crippen molar-refractivity contribution in [3.63, 3.8) is 0 Å². The molecule has 1 fully saturated rings. The first kappa shape index (κ1) is 14.7. The van der Waals surface area contributed by atoms with Gasteiger partial charge in [-0.15, -0.1) is 0 Å². The second-order valence-corrected chi connectivity index (χ2v) is 6.38. The minimum atomic E-state index is 0.423. The van der Waals surface area contributed by atoms with Crippen LogP contribution in [0.3, 0.4) is 0 Å². The Hall–Kier alpha value is -0.340. The summed E-state index contributed by atoms with van der Waals surface area (Å²) in [4.78, 5) is 0. The van der Waals surface area contributed by atoms with Crippen LogP contribution in [0, 0.1) is 11.3 Å². The van der Waals surface area contributed by atoms with Crippen molar-refractivity contribution in [3.05, 3.63) is 12.2 Å². The molecule has 0 amide bonds. The number of ether oxygens (including phenoxy) is 1. The lowest BCUT2D eigenvalue weighted by Gasteiger charge is -2.38. The third-order valence-corrected chi connectivity index (χ3v) is 3.49. The zero-order valence-corrected chi connectivity index (χ0v) is 12.0. The summed E-state index contributed by atoms with van der Waals surface area (Å²) in [5, 5.41) is 3.28. The Kier molecular flexibility index (Phi) is 5.68. The molecule has 1 saturated carbocycles. The molecule has 2 unspecified atom stereocenters. The Morgan fingerprint density at radius 3 is 2.71 bits per heavy atom. The van der Waals surface area contributed by atoms with Gasteiger partial charge in [-0.05, 0) is 42.7 Å². The molecular formula is C15H29NO. The third kappa shape index (κ3) is 5.69. The second kappa shape index (κ2) is 6.55. The second-order valence-electron chi connectivity index (χ2n) is 6.38. The number of hydrogen-bond acceptors (Lipinski definition) is 2. The molecule has 1 N–H and O–H groups in total. The summed E-state index contributed by atoms with van der Waals surface area (Å²) < 4.78 is 6.01. The van der Waals surface area contributed by atoms with Gasteiger partial charge < -0.3 is 10.1 Å². The average Bonchev–Trinajstić information content (AvgIpc) is 2.20. The lowest BCUT2D eigenvalue weighted by Crippen LogP contribution is -2.33. The van der Waals surface area contributed by atoms with Crippen LogP contribution in [0.1, 0.15) is 47.0 Å². The lowest BCUT2D eigenvalue weighted by molar-refractivity contribution is -0.0136. The van der Waals surface area contributed by atoms with Crippen molar-refractivity contribution in [2.75, 3.05) is 19.7 Å². The zero-order valence-electron chi connectivity index (χ0n) is 12.0. The minimum Gasteiger partial charge on any atom is -0.374 e. The van der Waals surface area contributed by atoms with Crippen LogP contribution in [0.2, 0.25) is 0 Å². The third-order valence-electron chi connectivity index (χ3n) is 3.49. The van der Waals surface area contributed by atoms with E-state index >= 15 is 0 Å². The topological polar surface area (TPSA) is 21.3 Å². The Labute approximate surface area is 107 Å². The molecule has 17 heavy (non-hydrogen) atoms. The fourth-order valence-electron chi connectivity index (χ4n) is 2.97. The van der Waals surface area contributed by atoms with Gasteiger partial charge >= 0.3 is 0 Å². The fourth-order valence-corrected chi connectivity index (χ4v) is 2.97. The molecule has 0 heterocycles. The van der Waals surface area contributed by atoms with E-state index in [1.54, 1.807) is 0 Å². The first-order valence-electron chi connectivity index (χ1n) is 6.92. The average molecular weight is 239 g/mol. The van der Waals surface area contributed by atoms with Crippen LogP contribution in [0.4, 0.5) is 0 Å². The van der Waals surface area contributed by atoms with Crippen molar-refractivity contribution in [1.82, 2.24) is 5.32 Å². The predicted octanol–water partition coefficient (Wildman–Crippen LogP) is 3.38. The lowest BCUT2D eigenvalue weighted by atomic mass is 9.71. The first-order valence-corrected chi connectivity index (χ1v) is 6.92. The highest BCUT2D eigenvalue weighted by Gasteiger charge is 2.32. The maximum atomic E-state index is 6.01. The summed E-state index contributed by atoms with van der Waals surface area (Å²) in [6, 6.07) is 0. The first-order chi connectivity index (χ1) is 7.93. The van der Waals surface area contributed by atoms with E-state index in [0.717, 1.165) is 24.6 Å². The van der Waals surface area contributed by atoms with E-state index < -0.39 is 0 Å². The SMILES string of the molecule is C=C(CNCC)COC1CC(C)CC(C)(C)C1. The van der Waals surface area contributed by atoms with Crippen LogP contribution in [0.5, 0.6) is 0 Å². The van der Waals surface area contributed by atoms with E-state index in [1.165, 1.54) is 19.3 Å². The number of rotatable bonds is 6. The van der Waals surface area contributed by atoms with Crippen LogP contribution >= 0.6 is 0 Å². The van der Waals surface area contributed by atoms with E-state index in [1.807, 2.05) is 0 Å². The summed E-state index contributed by atoms with van der Waals surface area (Å²) in [5.41, 5.74) is 1.59. The molecule has 0 aliphatic heterocycles. The predicted molar refractivity (Wildman–Crippen MR) is 74.2 cm³/mol. The molecule has 0 aromatic rings. The van der Waals surface area contributed by atoms with Crippen molar-refractivity contribution >= 4 is 0 Å². The van der Waals surface area contributed by atoms with Crippen molar-refractivity contribution < 1.29 is 4.74 Å². The van der Waals surface area contributed by atoms with Crippen LogP contribution in [0.15, 0.2) is 12.2 Å². The molecule has 2 heteroatoms. The Morgan fingerprint density at radius 1 is 1.41 bits per heavy atom. The quantitative estimate of drug-likeness (QED) is 0.717. The highest BCUT2D eigenvalue weighted by Crippen LogP contribution is 2.39. The highest BCUT2D eigenvalue weighted by molar-refractivity contribution is 4.97. The van der Waals surface area contributed by atoms with E-state index in [0.29, 0.717) is 18.1 Å². The van der Waals surface area contributed by atoms with Gasteiger partial charge in [-0.3, -0.25) is 0 Å². The van der Waals surface area contributed by atoms with Crippen LogP contribution < -0.4 is 5.32 Å². The summed E-state index contributed by atoms with van der Waals surface area (Å²) in [6.07, 6.45) is 4.14. The summed E-state index contributed by atoms with van der Waals surface area (Å²) in [7, 11) is 0. The minimum absolute atomic E-state index is 0.423. The molecule has 0 spiro atoms. The molecule has 0 bridgehead atoms. The van der Waals surface area contributed by atoms with Crippen LogP contribution in [-0.4, -0.2) is 25.8 Å². The van der Waals surface area contributed by atoms with E-state index in [-0.39, 0.29) is 0 Å². The normalized spacial score (nSPS) is 28.0. The van der Waals surface area contributed by atoms with Gasteiger partial charge in [0, 0.05) is 6.54 Å². The summed E-state index contributed by atoms with van der Waals surface area (Å²) in [5.74, 6) is 0.783. The van der Waals surface area contributed by atoms with Crippen molar-refractivity contribution in [1.29, 1.82) is 0 Å². The number of likely N-dealkylation sites (N-methyl/N-ethyl adjacent to an activating group) is 1. The molecular weight excluding hydrogens is 210 g/mol. The van der Waals surface area contributed by atoms with Gasteiger partial charge in [-0.25, -0.2) is 0 Å². The monoisotopic (exact) mass is 239 g/mol. The molecule has 0 aromatic heterocycles. The maximum Gasteiger partial charge on any atom is 0.0690 e. The standard InChI is InChI=1S/C15H29NO/c1-6-16-10-13(3)11-17-14-7-12(2)8-15(4,5)9-14/h12,14,16H,3,6-11H2,1-2,4-5H3. The smallest absolute Gasteiger partial charge is 0.0690 e. The molecule has 100 valence electrons. The fraction of sp³-hybridized carbons (Fsp3) is 0.867. The van der Waals surface area contributed by atoms with E-state index in [4.69, 9.17) is 4.74 Å². The largest absolute Gasteiger partial charge is 0.374 e. The van der Waals surface area contributed by atoms with Gasteiger partial charge in [0.1, 0.15) is 0 Å². The molecule has 1 aliphatic rings. The summed E-state index contributed by atoms with van der Waals surface area (Å²) in [6.45, 7) is 15.8. The van der Waals surface area contributed by atoms with Gasteiger partial charge in [0.25, 0.3) is 0 Å². The summed E-state index contributed by atoms with van der Waals surface area (Å²) >= 11 is 0.